The first-order valence-corrected chi connectivity index (χ1v) is 5.60. The molecule has 3 nitrogen and oxygen atoms in total. The molecule has 0 radical (unpaired) electrons. The summed E-state index contributed by atoms with van der Waals surface area (Å²) in [6, 6.07) is 6.30. The van der Waals surface area contributed by atoms with Crippen LogP contribution in [0.1, 0.15) is 31.5 Å². The molecule has 2 rings (SSSR count). The highest BCUT2D eigenvalue weighted by Gasteiger charge is 2.23. The normalized spacial score (nSPS) is 25.1. The summed E-state index contributed by atoms with van der Waals surface area (Å²) < 4.78 is 0. The average molecular weight is 206 g/mol. The molecule has 0 bridgehead atoms. The first-order valence-electron chi connectivity index (χ1n) is 5.60. The Hall–Kier alpha value is -0.930. The number of nitrogens with zero attached hydrogens (tertiary/aromatic N) is 2. The van der Waals surface area contributed by atoms with Crippen LogP contribution >= 0.6 is 0 Å². The van der Waals surface area contributed by atoms with E-state index >= 15 is 0 Å². The predicted molar refractivity (Wildman–Crippen MR) is 59.5 cm³/mol. The van der Waals surface area contributed by atoms with Crippen LogP contribution in [-0.2, 0) is 0 Å². The van der Waals surface area contributed by atoms with Crippen LogP contribution in [0.3, 0.4) is 0 Å². The minimum Gasteiger partial charge on any atom is -0.392 e. The zero-order valence-electron chi connectivity index (χ0n) is 9.13. The Bertz CT molecular complexity index is 302. The summed E-state index contributed by atoms with van der Waals surface area (Å²) in [6.45, 7) is 3.99. The van der Waals surface area contributed by atoms with Crippen molar-refractivity contribution in [1.82, 2.24) is 9.88 Å². The standard InChI is InChI=1S/C12H18N2O/c1-10(12-6-2-3-7-13-12)14-8-4-5-11(15)9-14/h2-3,6-7,10-11,15H,4-5,8-9H2,1H3/t10-,11+/m0/s1. The third-order valence-corrected chi connectivity index (χ3v) is 3.09. The van der Waals surface area contributed by atoms with Gasteiger partial charge < -0.3 is 5.11 Å². The maximum atomic E-state index is 9.61. The van der Waals surface area contributed by atoms with Gasteiger partial charge in [0.2, 0.25) is 0 Å². The molecular weight excluding hydrogens is 188 g/mol. The van der Waals surface area contributed by atoms with E-state index in [2.05, 4.69) is 16.8 Å². The first kappa shape index (κ1) is 10.6. The van der Waals surface area contributed by atoms with E-state index < -0.39 is 0 Å². The number of rotatable bonds is 2. The van der Waals surface area contributed by atoms with Gasteiger partial charge in [0.05, 0.1) is 11.8 Å². The molecule has 0 saturated carbocycles. The van der Waals surface area contributed by atoms with Gasteiger partial charge in [-0.3, -0.25) is 9.88 Å². The summed E-state index contributed by atoms with van der Waals surface area (Å²) in [5.41, 5.74) is 1.09. The van der Waals surface area contributed by atoms with Gasteiger partial charge in [0.1, 0.15) is 0 Å². The summed E-state index contributed by atoms with van der Waals surface area (Å²) in [6.07, 6.45) is 3.68. The Morgan fingerprint density at radius 3 is 3.07 bits per heavy atom. The van der Waals surface area contributed by atoms with Crippen molar-refractivity contribution >= 4 is 0 Å². The van der Waals surface area contributed by atoms with E-state index in [0.717, 1.165) is 31.6 Å². The Morgan fingerprint density at radius 2 is 2.40 bits per heavy atom. The minimum atomic E-state index is -0.162. The quantitative estimate of drug-likeness (QED) is 0.798. The second-order valence-corrected chi connectivity index (χ2v) is 4.22. The second kappa shape index (κ2) is 4.73. The number of aliphatic hydroxyl groups is 1. The van der Waals surface area contributed by atoms with E-state index in [1.54, 1.807) is 0 Å². The number of aromatic nitrogens is 1. The molecule has 2 heterocycles. The molecule has 2 atom stereocenters. The molecule has 3 heteroatoms. The van der Waals surface area contributed by atoms with Crippen molar-refractivity contribution in [2.75, 3.05) is 13.1 Å². The van der Waals surface area contributed by atoms with Gasteiger partial charge in [-0.2, -0.15) is 0 Å². The molecule has 1 aliphatic rings. The summed E-state index contributed by atoms with van der Waals surface area (Å²) in [5, 5.41) is 9.61. The van der Waals surface area contributed by atoms with Gasteiger partial charge in [-0.25, -0.2) is 0 Å². The van der Waals surface area contributed by atoms with Crippen LogP contribution in [0.25, 0.3) is 0 Å². The number of hydrogen-bond acceptors (Lipinski definition) is 3. The molecule has 1 saturated heterocycles. The van der Waals surface area contributed by atoms with E-state index in [0.29, 0.717) is 6.04 Å². The number of likely N-dealkylation sites (tertiary alicyclic amines) is 1. The highest BCUT2D eigenvalue weighted by molar-refractivity contribution is 5.08. The van der Waals surface area contributed by atoms with Gasteiger partial charge in [0.15, 0.2) is 0 Å². The molecule has 1 aromatic rings. The van der Waals surface area contributed by atoms with Gasteiger partial charge >= 0.3 is 0 Å². The lowest BCUT2D eigenvalue weighted by Gasteiger charge is -2.34. The summed E-state index contributed by atoms with van der Waals surface area (Å²) in [5.74, 6) is 0. The molecule has 1 aromatic heterocycles. The lowest BCUT2D eigenvalue weighted by molar-refractivity contribution is 0.0494. The number of piperidine rings is 1. The average Bonchev–Trinajstić information content (AvgIpc) is 2.29. The molecule has 1 fully saturated rings. The second-order valence-electron chi connectivity index (χ2n) is 4.22. The van der Waals surface area contributed by atoms with Crippen molar-refractivity contribution in [3.8, 4) is 0 Å². The highest BCUT2D eigenvalue weighted by Crippen LogP contribution is 2.22. The van der Waals surface area contributed by atoms with Crippen molar-refractivity contribution in [3.63, 3.8) is 0 Å². The molecule has 0 aromatic carbocycles. The Kier molecular flexibility index (Phi) is 3.34. The van der Waals surface area contributed by atoms with Gasteiger partial charge in [0.25, 0.3) is 0 Å². The lowest BCUT2D eigenvalue weighted by Crippen LogP contribution is -2.39. The van der Waals surface area contributed by atoms with Crippen LogP contribution in [0.5, 0.6) is 0 Å². The molecule has 1 N–H and O–H groups in total. The molecule has 82 valence electrons. The number of hydrogen-bond donors (Lipinski definition) is 1. The fraction of sp³-hybridized carbons (Fsp3) is 0.583. The van der Waals surface area contributed by atoms with Crippen LogP contribution in [0.15, 0.2) is 24.4 Å². The minimum absolute atomic E-state index is 0.162. The van der Waals surface area contributed by atoms with E-state index in [1.807, 2.05) is 24.4 Å². The van der Waals surface area contributed by atoms with Crippen LogP contribution in [0, 0.1) is 0 Å². The number of β-amino-alcohol motifs (C(OH)–C–C–N with tert-alkyl or cyclic N) is 1. The van der Waals surface area contributed by atoms with E-state index in [9.17, 15) is 5.11 Å². The van der Waals surface area contributed by atoms with E-state index in [4.69, 9.17) is 0 Å². The molecule has 0 aliphatic carbocycles. The van der Waals surface area contributed by atoms with Crippen molar-refractivity contribution < 1.29 is 5.11 Å². The maximum absolute atomic E-state index is 9.61. The van der Waals surface area contributed by atoms with Gasteiger partial charge in [-0.05, 0) is 38.4 Å². The van der Waals surface area contributed by atoms with Crippen LogP contribution in [0.2, 0.25) is 0 Å². The molecule has 0 unspecified atom stereocenters. The molecule has 1 aliphatic heterocycles. The van der Waals surface area contributed by atoms with E-state index in [-0.39, 0.29) is 6.10 Å². The smallest absolute Gasteiger partial charge is 0.0667 e. The van der Waals surface area contributed by atoms with Crippen LogP contribution < -0.4 is 0 Å². The Labute approximate surface area is 90.8 Å². The zero-order valence-corrected chi connectivity index (χ0v) is 9.13. The predicted octanol–water partition coefficient (Wildman–Crippen LogP) is 1.60. The van der Waals surface area contributed by atoms with Crippen molar-refractivity contribution in [2.24, 2.45) is 0 Å². The first-order chi connectivity index (χ1) is 7.27. The zero-order chi connectivity index (χ0) is 10.7. The number of aliphatic hydroxyl groups excluding tert-OH is 1. The monoisotopic (exact) mass is 206 g/mol. The van der Waals surface area contributed by atoms with Crippen molar-refractivity contribution in [2.45, 2.75) is 31.9 Å². The van der Waals surface area contributed by atoms with Crippen LogP contribution in [0.4, 0.5) is 0 Å². The molecule has 0 spiro atoms. The third-order valence-electron chi connectivity index (χ3n) is 3.09. The van der Waals surface area contributed by atoms with Crippen molar-refractivity contribution in [1.29, 1.82) is 0 Å². The highest BCUT2D eigenvalue weighted by atomic mass is 16.3. The fourth-order valence-corrected chi connectivity index (χ4v) is 2.15. The van der Waals surface area contributed by atoms with E-state index in [1.165, 1.54) is 0 Å². The topological polar surface area (TPSA) is 36.4 Å². The fourth-order valence-electron chi connectivity index (χ4n) is 2.15. The third kappa shape index (κ3) is 2.55. The SMILES string of the molecule is C[C@@H](c1ccccn1)N1CCC[C@@H](O)C1. The largest absolute Gasteiger partial charge is 0.392 e. The molecular formula is C12H18N2O. The Balaban J connectivity index is 2.04. The van der Waals surface area contributed by atoms with Crippen molar-refractivity contribution in [3.05, 3.63) is 30.1 Å². The molecule has 0 amide bonds. The van der Waals surface area contributed by atoms with Gasteiger partial charge in [-0.15, -0.1) is 0 Å². The molecule has 15 heavy (non-hydrogen) atoms. The summed E-state index contributed by atoms with van der Waals surface area (Å²) >= 11 is 0. The maximum Gasteiger partial charge on any atom is 0.0667 e. The van der Waals surface area contributed by atoms with Gasteiger partial charge in [0, 0.05) is 18.8 Å². The van der Waals surface area contributed by atoms with Gasteiger partial charge in [-0.1, -0.05) is 6.07 Å². The Morgan fingerprint density at radius 1 is 1.53 bits per heavy atom. The summed E-state index contributed by atoms with van der Waals surface area (Å²) in [7, 11) is 0. The van der Waals surface area contributed by atoms with Crippen LogP contribution in [-0.4, -0.2) is 34.2 Å². The number of pyridine rings is 1. The lowest BCUT2D eigenvalue weighted by atomic mass is 10.0. The summed E-state index contributed by atoms with van der Waals surface area (Å²) in [4.78, 5) is 6.66.